The number of carbonyl (C=O) groups excluding carboxylic acids is 1. The van der Waals surface area contributed by atoms with Gasteiger partial charge in [0, 0.05) is 50.2 Å². The van der Waals surface area contributed by atoms with E-state index in [-0.39, 0.29) is 5.91 Å². The van der Waals surface area contributed by atoms with Gasteiger partial charge in [-0.2, -0.15) is 11.8 Å². The molecular formula is C20H26N4OS. The summed E-state index contributed by atoms with van der Waals surface area (Å²) in [5, 5.41) is 2.98. The number of hydrogen-bond donors (Lipinski definition) is 1. The van der Waals surface area contributed by atoms with Crippen LogP contribution in [0.25, 0.3) is 0 Å². The lowest BCUT2D eigenvalue weighted by Crippen LogP contribution is -2.47. The number of anilines is 2. The highest BCUT2D eigenvalue weighted by molar-refractivity contribution is 7.99. The zero-order valence-electron chi connectivity index (χ0n) is 15.4. The summed E-state index contributed by atoms with van der Waals surface area (Å²) in [5.41, 5.74) is 3.71. The van der Waals surface area contributed by atoms with Crippen LogP contribution in [0.3, 0.4) is 0 Å². The minimum atomic E-state index is 0.0664. The smallest absolute Gasteiger partial charge is 0.230 e. The van der Waals surface area contributed by atoms with Gasteiger partial charge < -0.3 is 15.1 Å². The molecule has 2 heterocycles. The summed E-state index contributed by atoms with van der Waals surface area (Å²) >= 11 is 1.53. The van der Waals surface area contributed by atoms with Gasteiger partial charge in [-0.05, 0) is 30.9 Å². The molecule has 0 unspecified atom stereocenters. The van der Waals surface area contributed by atoms with Crippen LogP contribution in [0.15, 0.2) is 42.6 Å². The molecule has 1 fully saturated rings. The van der Waals surface area contributed by atoms with E-state index >= 15 is 0 Å². The minimum Gasteiger partial charge on any atom is -0.368 e. The first kappa shape index (κ1) is 18.6. The van der Waals surface area contributed by atoms with E-state index < -0.39 is 0 Å². The zero-order valence-corrected chi connectivity index (χ0v) is 16.3. The first-order valence-corrected chi connectivity index (χ1v) is 10.3. The fraction of sp³-hybridized carbons (Fsp3) is 0.400. The van der Waals surface area contributed by atoms with Crippen molar-refractivity contribution in [2.75, 3.05) is 48.0 Å². The number of piperazine rings is 1. The van der Waals surface area contributed by atoms with Crippen molar-refractivity contribution in [3.05, 3.63) is 53.7 Å². The molecule has 6 heteroatoms. The monoisotopic (exact) mass is 370 g/mol. The third kappa shape index (κ3) is 4.49. The van der Waals surface area contributed by atoms with Crippen LogP contribution >= 0.6 is 11.8 Å². The van der Waals surface area contributed by atoms with E-state index in [9.17, 15) is 4.79 Å². The van der Waals surface area contributed by atoms with Gasteiger partial charge in [0.25, 0.3) is 0 Å². The number of pyridine rings is 1. The van der Waals surface area contributed by atoms with Crippen LogP contribution in [-0.2, 0) is 11.3 Å². The third-order valence-corrected chi connectivity index (χ3v) is 5.21. The average molecular weight is 371 g/mol. The number of nitrogens with one attached hydrogen (secondary N) is 1. The molecule has 1 N–H and O–H groups in total. The number of nitrogens with zero attached hydrogens (tertiary/aromatic N) is 3. The molecule has 1 amide bonds. The second kappa shape index (κ2) is 8.94. The summed E-state index contributed by atoms with van der Waals surface area (Å²) in [7, 11) is 0. The Morgan fingerprint density at radius 3 is 2.58 bits per heavy atom. The Bertz CT molecular complexity index is 744. The standard InChI is InChI=1S/C20H26N4OS/c1-16-6-3-4-8-18(16)23-10-12-24(13-11-23)20-17(7-5-9-21-20)14-22-19(25)15-26-2/h3-9H,10-15H2,1-2H3,(H,22,25). The van der Waals surface area contributed by atoms with Gasteiger partial charge in [0.15, 0.2) is 0 Å². The van der Waals surface area contributed by atoms with E-state index in [1.807, 2.05) is 18.5 Å². The molecule has 0 atom stereocenters. The van der Waals surface area contributed by atoms with Crippen LogP contribution in [0.4, 0.5) is 11.5 Å². The first-order valence-electron chi connectivity index (χ1n) is 8.94. The molecule has 0 saturated carbocycles. The van der Waals surface area contributed by atoms with E-state index in [1.165, 1.54) is 23.0 Å². The highest BCUT2D eigenvalue weighted by Crippen LogP contribution is 2.24. The fourth-order valence-electron chi connectivity index (χ4n) is 3.31. The Hall–Kier alpha value is -2.21. The van der Waals surface area contributed by atoms with Crippen LogP contribution in [0.1, 0.15) is 11.1 Å². The Kier molecular flexibility index (Phi) is 6.39. The molecule has 1 saturated heterocycles. The summed E-state index contributed by atoms with van der Waals surface area (Å²) in [6, 6.07) is 12.5. The molecule has 5 nitrogen and oxygen atoms in total. The van der Waals surface area contributed by atoms with Gasteiger partial charge in [-0.25, -0.2) is 4.98 Å². The largest absolute Gasteiger partial charge is 0.368 e. The molecule has 1 aliphatic rings. The first-order chi connectivity index (χ1) is 12.7. The average Bonchev–Trinajstić information content (AvgIpc) is 2.67. The van der Waals surface area contributed by atoms with Crippen LogP contribution < -0.4 is 15.1 Å². The summed E-state index contributed by atoms with van der Waals surface area (Å²) in [4.78, 5) is 21.1. The van der Waals surface area contributed by atoms with Crippen molar-refractivity contribution in [2.45, 2.75) is 13.5 Å². The molecule has 0 spiro atoms. The third-order valence-electron chi connectivity index (χ3n) is 4.65. The Morgan fingerprint density at radius 2 is 1.85 bits per heavy atom. The second-order valence-corrected chi connectivity index (χ2v) is 7.32. The molecule has 2 aromatic rings. The van der Waals surface area contributed by atoms with Crippen molar-refractivity contribution >= 4 is 29.2 Å². The molecule has 1 aromatic heterocycles. The van der Waals surface area contributed by atoms with Crippen molar-refractivity contribution in [1.82, 2.24) is 10.3 Å². The predicted molar refractivity (Wildman–Crippen MR) is 110 cm³/mol. The maximum Gasteiger partial charge on any atom is 0.230 e. The molecule has 0 radical (unpaired) electrons. The van der Waals surface area contributed by atoms with Gasteiger partial charge in [-0.3, -0.25) is 4.79 Å². The van der Waals surface area contributed by atoms with Gasteiger partial charge in [0.05, 0.1) is 5.75 Å². The van der Waals surface area contributed by atoms with E-state index in [1.54, 1.807) is 0 Å². The van der Waals surface area contributed by atoms with Crippen LogP contribution in [0, 0.1) is 6.92 Å². The van der Waals surface area contributed by atoms with E-state index in [0.29, 0.717) is 12.3 Å². The summed E-state index contributed by atoms with van der Waals surface area (Å²) < 4.78 is 0. The number of thioether (sulfide) groups is 1. The number of para-hydroxylation sites is 1. The Balaban J connectivity index is 1.64. The van der Waals surface area contributed by atoms with Crippen LogP contribution in [-0.4, -0.2) is 49.1 Å². The van der Waals surface area contributed by atoms with E-state index in [2.05, 4.69) is 57.4 Å². The molecule has 1 aromatic carbocycles. The number of aromatic nitrogens is 1. The van der Waals surface area contributed by atoms with Crippen molar-refractivity contribution < 1.29 is 4.79 Å². The van der Waals surface area contributed by atoms with E-state index in [4.69, 9.17) is 0 Å². The highest BCUT2D eigenvalue weighted by Gasteiger charge is 2.21. The van der Waals surface area contributed by atoms with Gasteiger partial charge in [0.1, 0.15) is 5.82 Å². The van der Waals surface area contributed by atoms with Gasteiger partial charge in [-0.1, -0.05) is 24.3 Å². The number of rotatable bonds is 6. The number of carbonyl (C=O) groups is 1. The van der Waals surface area contributed by atoms with E-state index in [0.717, 1.165) is 37.6 Å². The molecule has 3 rings (SSSR count). The van der Waals surface area contributed by atoms with Crippen molar-refractivity contribution in [2.24, 2.45) is 0 Å². The van der Waals surface area contributed by atoms with Crippen molar-refractivity contribution in [3.8, 4) is 0 Å². The molecule has 0 bridgehead atoms. The molecule has 0 aliphatic carbocycles. The quantitative estimate of drug-likeness (QED) is 0.847. The SMILES string of the molecule is CSCC(=O)NCc1cccnc1N1CCN(c2ccccc2C)CC1. The number of aryl methyl sites for hydroxylation is 1. The molecule has 1 aliphatic heterocycles. The maximum absolute atomic E-state index is 11.8. The van der Waals surface area contributed by atoms with Gasteiger partial charge in [0.2, 0.25) is 5.91 Å². The highest BCUT2D eigenvalue weighted by atomic mass is 32.2. The molecular weight excluding hydrogens is 344 g/mol. The normalized spacial score (nSPS) is 14.4. The summed E-state index contributed by atoms with van der Waals surface area (Å²) in [6.07, 6.45) is 3.76. The van der Waals surface area contributed by atoms with Crippen molar-refractivity contribution in [1.29, 1.82) is 0 Å². The lowest BCUT2D eigenvalue weighted by atomic mass is 10.1. The van der Waals surface area contributed by atoms with Gasteiger partial charge >= 0.3 is 0 Å². The summed E-state index contributed by atoms with van der Waals surface area (Å²) in [6.45, 7) is 6.49. The van der Waals surface area contributed by atoms with Crippen LogP contribution in [0.5, 0.6) is 0 Å². The lowest BCUT2D eigenvalue weighted by molar-refractivity contribution is -0.118. The van der Waals surface area contributed by atoms with Gasteiger partial charge in [-0.15, -0.1) is 0 Å². The topological polar surface area (TPSA) is 48.5 Å². The number of amides is 1. The lowest BCUT2D eigenvalue weighted by Gasteiger charge is -2.38. The molecule has 138 valence electrons. The molecule has 26 heavy (non-hydrogen) atoms. The Labute approximate surface area is 159 Å². The minimum absolute atomic E-state index is 0.0664. The number of hydrogen-bond acceptors (Lipinski definition) is 5. The summed E-state index contributed by atoms with van der Waals surface area (Å²) in [5.74, 6) is 1.54. The zero-order chi connectivity index (χ0) is 18.4. The fourth-order valence-corrected chi connectivity index (χ4v) is 3.67. The maximum atomic E-state index is 11.8. The number of benzene rings is 1. The second-order valence-electron chi connectivity index (χ2n) is 6.46. The Morgan fingerprint density at radius 1 is 1.12 bits per heavy atom. The van der Waals surface area contributed by atoms with Crippen LogP contribution in [0.2, 0.25) is 0 Å². The predicted octanol–water partition coefficient (Wildman–Crippen LogP) is 2.70. The van der Waals surface area contributed by atoms with Crippen molar-refractivity contribution in [3.63, 3.8) is 0 Å².